The number of rotatable bonds is 9. The number of carbonyl (C=O) groups is 1. The molecule has 0 aliphatic carbocycles. The van der Waals surface area contributed by atoms with E-state index >= 15 is 0 Å². The van der Waals surface area contributed by atoms with Gasteiger partial charge in [0.05, 0.1) is 31.5 Å². The Bertz CT molecular complexity index is 600. The number of ether oxygens (including phenoxy) is 3. The number of nitrogens with two attached hydrogens (primary N) is 1. The summed E-state index contributed by atoms with van der Waals surface area (Å²) < 4.78 is 15.6. The third-order valence-corrected chi connectivity index (χ3v) is 5.03. The van der Waals surface area contributed by atoms with Gasteiger partial charge in [-0.1, -0.05) is 19.9 Å². The van der Waals surface area contributed by atoms with E-state index in [1.54, 1.807) is 7.11 Å². The van der Waals surface area contributed by atoms with Gasteiger partial charge in [0.25, 0.3) is 0 Å². The van der Waals surface area contributed by atoms with Crippen molar-refractivity contribution < 1.29 is 19.0 Å². The summed E-state index contributed by atoms with van der Waals surface area (Å²) in [6, 6.07) is 6.57. The van der Waals surface area contributed by atoms with Gasteiger partial charge in [-0.05, 0) is 36.5 Å². The Kier molecular flexibility index (Phi) is 8.38. The van der Waals surface area contributed by atoms with Crippen LogP contribution in [-0.4, -0.2) is 52.6 Å². The molecule has 0 saturated carbocycles. The van der Waals surface area contributed by atoms with Crippen LogP contribution in [0.1, 0.15) is 44.6 Å². The van der Waals surface area contributed by atoms with Gasteiger partial charge in [-0.3, -0.25) is 4.79 Å². The van der Waals surface area contributed by atoms with E-state index < -0.39 is 0 Å². The van der Waals surface area contributed by atoms with Gasteiger partial charge in [-0.15, -0.1) is 0 Å². The van der Waals surface area contributed by atoms with Gasteiger partial charge in [0.1, 0.15) is 0 Å². The van der Waals surface area contributed by atoms with Crippen molar-refractivity contribution in [1.82, 2.24) is 0 Å². The highest BCUT2D eigenvalue weighted by Crippen LogP contribution is 2.33. The molecular weight excluding hydrogens is 344 g/mol. The van der Waals surface area contributed by atoms with Crippen LogP contribution in [0.15, 0.2) is 18.2 Å². The zero-order chi connectivity index (χ0) is 19.8. The quantitative estimate of drug-likeness (QED) is 0.525. The summed E-state index contributed by atoms with van der Waals surface area (Å²) in [5, 5.41) is 0. The molecule has 0 radical (unpaired) electrons. The highest BCUT2D eigenvalue weighted by Gasteiger charge is 2.25. The van der Waals surface area contributed by atoms with Gasteiger partial charge >= 0.3 is 5.97 Å². The first-order valence-electron chi connectivity index (χ1n) is 9.75. The summed E-state index contributed by atoms with van der Waals surface area (Å²) in [6.45, 7) is 7.45. The van der Waals surface area contributed by atoms with Gasteiger partial charge in [0.15, 0.2) is 0 Å². The zero-order valence-corrected chi connectivity index (χ0v) is 17.1. The van der Waals surface area contributed by atoms with Crippen molar-refractivity contribution in [3.05, 3.63) is 23.8 Å². The Hall–Kier alpha value is -1.79. The second kappa shape index (κ2) is 10.5. The maximum absolute atomic E-state index is 11.7. The minimum Gasteiger partial charge on any atom is -0.469 e. The molecule has 2 N–H and O–H groups in total. The standard InChI is InChI=1S/C21H34N2O4/c1-15(2)13-23(18-7-9-27-10-8-18)20-6-5-16(11-19(20)22)17(14-25-3)12-21(24)26-4/h5-6,11,15,17-18H,7-10,12-14,22H2,1-4H3. The highest BCUT2D eigenvalue weighted by atomic mass is 16.5. The molecule has 27 heavy (non-hydrogen) atoms. The molecule has 152 valence electrons. The molecule has 1 unspecified atom stereocenters. The summed E-state index contributed by atoms with van der Waals surface area (Å²) >= 11 is 0. The molecule has 1 aromatic carbocycles. The van der Waals surface area contributed by atoms with Crippen LogP contribution in [0.4, 0.5) is 11.4 Å². The van der Waals surface area contributed by atoms with E-state index in [0.717, 1.165) is 49.5 Å². The van der Waals surface area contributed by atoms with Crippen LogP contribution in [0.5, 0.6) is 0 Å². The molecule has 6 heteroatoms. The molecule has 1 saturated heterocycles. The number of nitrogens with zero attached hydrogens (tertiary/aromatic N) is 1. The molecule has 0 spiro atoms. The van der Waals surface area contributed by atoms with Crippen molar-refractivity contribution in [2.24, 2.45) is 5.92 Å². The Morgan fingerprint density at radius 1 is 1.30 bits per heavy atom. The van der Waals surface area contributed by atoms with Gasteiger partial charge in [-0.2, -0.15) is 0 Å². The third-order valence-electron chi connectivity index (χ3n) is 5.03. The third kappa shape index (κ3) is 6.11. The van der Waals surface area contributed by atoms with E-state index in [2.05, 4.69) is 30.9 Å². The topological polar surface area (TPSA) is 74.0 Å². The molecular formula is C21H34N2O4. The van der Waals surface area contributed by atoms with E-state index in [0.29, 0.717) is 18.6 Å². The fourth-order valence-corrected chi connectivity index (χ4v) is 3.68. The number of methoxy groups -OCH3 is 2. The first-order valence-corrected chi connectivity index (χ1v) is 9.75. The highest BCUT2D eigenvalue weighted by molar-refractivity contribution is 5.72. The van der Waals surface area contributed by atoms with Crippen LogP contribution >= 0.6 is 0 Å². The van der Waals surface area contributed by atoms with E-state index in [1.807, 2.05) is 6.07 Å². The Morgan fingerprint density at radius 2 is 2.00 bits per heavy atom. The van der Waals surface area contributed by atoms with Crippen LogP contribution in [0.2, 0.25) is 0 Å². The smallest absolute Gasteiger partial charge is 0.306 e. The number of hydrogen-bond acceptors (Lipinski definition) is 6. The maximum atomic E-state index is 11.7. The number of carbonyl (C=O) groups excluding carboxylic acids is 1. The first kappa shape index (κ1) is 21.5. The maximum Gasteiger partial charge on any atom is 0.306 e. The Labute approximate surface area is 163 Å². The monoisotopic (exact) mass is 378 g/mol. The summed E-state index contributed by atoms with van der Waals surface area (Å²) in [6.07, 6.45) is 2.31. The van der Waals surface area contributed by atoms with E-state index in [9.17, 15) is 4.79 Å². The molecule has 2 rings (SSSR count). The lowest BCUT2D eigenvalue weighted by molar-refractivity contribution is -0.141. The number of benzene rings is 1. The van der Waals surface area contributed by atoms with E-state index in [1.165, 1.54) is 7.11 Å². The number of esters is 1. The van der Waals surface area contributed by atoms with Crippen LogP contribution in [-0.2, 0) is 19.0 Å². The predicted octanol–water partition coefficient (Wildman–Crippen LogP) is 3.20. The van der Waals surface area contributed by atoms with Crippen LogP contribution in [0, 0.1) is 5.92 Å². The Balaban J connectivity index is 2.26. The number of hydrogen-bond donors (Lipinski definition) is 1. The average Bonchev–Trinajstić information content (AvgIpc) is 2.66. The molecule has 1 aliphatic rings. The Morgan fingerprint density at radius 3 is 2.56 bits per heavy atom. The average molecular weight is 379 g/mol. The largest absolute Gasteiger partial charge is 0.469 e. The van der Waals surface area contributed by atoms with Gasteiger partial charge in [-0.25, -0.2) is 0 Å². The normalized spacial score (nSPS) is 16.3. The van der Waals surface area contributed by atoms with Crippen molar-refractivity contribution in [3.63, 3.8) is 0 Å². The predicted molar refractivity (Wildman–Crippen MR) is 108 cm³/mol. The molecule has 1 fully saturated rings. The molecule has 1 heterocycles. The van der Waals surface area contributed by atoms with Crippen molar-refractivity contribution in [2.45, 2.75) is 45.1 Å². The summed E-state index contributed by atoms with van der Waals surface area (Å²) in [7, 11) is 3.04. The molecule has 6 nitrogen and oxygen atoms in total. The summed E-state index contributed by atoms with van der Waals surface area (Å²) in [5.74, 6) is 0.219. The molecule has 1 atom stereocenters. The fraction of sp³-hybridized carbons (Fsp3) is 0.667. The van der Waals surface area contributed by atoms with Crippen molar-refractivity contribution >= 4 is 17.3 Å². The number of nitrogen functional groups attached to an aromatic ring is 1. The minimum absolute atomic E-state index is 0.0690. The lowest BCUT2D eigenvalue weighted by Crippen LogP contribution is -2.42. The molecule has 1 aromatic rings. The second-order valence-electron chi connectivity index (χ2n) is 7.64. The number of anilines is 2. The van der Waals surface area contributed by atoms with Crippen molar-refractivity contribution in [1.29, 1.82) is 0 Å². The van der Waals surface area contributed by atoms with E-state index in [4.69, 9.17) is 19.9 Å². The minimum atomic E-state index is -0.247. The first-order chi connectivity index (χ1) is 13.0. The van der Waals surface area contributed by atoms with Crippen LogP contribution < -0.4 is 10.6 Å². The lowest BCUT2D eigenvalue weighted by Gasteiger charge is -2.38. The molecule has 0 bridgehead atoms. The van der Waals surface area contributed by atoms with Crippen LogP contribution in [0.25, 0.3) is 0 Å². The van der Waals surface area contributed by atoms with Crippen LogP contribution in [0.3, 0.4) is 0 Å². The fourth-order valence-electron chi connectivity index (χ4n) is 3.68. The molecule has 0 aromatic heterocycles. The lowest BCUT2D eigenvalue weighted by atomic mass is 9.94. The molecule has 1 aliphatic heterocycles. The van der Waals surface area contributed by atoms with Gasteiger partial charge < -0.3 is 24.8 Å². The summed E-state index contributed by atoms with van der Waals surface area (Å²) in [4.78, 5) is 14.2. The van der Waals surface area contributed by atoms with E-state index in [-0.39, 0.29) is 18.3 Å². The van der Waals surface area contributed by atoms with Crippen molar-refractivity contribution in [2.75, 3.05) is 51.2 Å². The van der Waals surface area contributed by atoms with Gasteiger partial charge in [0.2, 0.25) is 0 Å². The zero-order valence-electron chi connectivity index (χ0n) is 17.1. The molecule has 0 amide bonds. The summed E-state index contributed by atoms with van der Waals surface area (Å²) in [5.41, 5.74) is 9.28. The van der Waals surface area contributed by atoms with Crippen molar-refractivity contribution in [3.8, 4) is 0 Å². The van der Waals surface area contributed by atoms with Gasteiger partial charge in [0, 0.05) is 38.8 Å². The SMILES string of the molecule is COCC(CC(=O)OC)c1ccc(N(CC(C)C)C2CCOCC2)c(N)c1. The second-order valence-corrected chi connectivity index (χ2v) is 7.64.